The number of hydrogen-bond donors (Lipinski definition) is 1. The highest BCUT2D eigenvalue weighted by atomic mass is 16.3. The van der Waals surface area contributed by atoms with E-state index in [-0.39, 0.29) is 5.91 Å². The third-order valence-electron chi connectivity index (χ3n) is 4.27. The van der Waals surface area contributed by atoms with Gasteiger partial charge in [0, 0.05) is 29.9 Å². The Hall–Kier alpha value is -3.47. The summed E-state index contributed by atoms with van der Waals surface area (Å²) in [6.07, 6.45) is 5.10. The molecular formula is C21H17N3O2. The smallest absolute Gasteiger partial charge is 0.251 e. The molecule has 0 aliphatic carbocycles. The van der Waals surface area contributed by atoms with Crippen molar-refractivity contribution >= 4 is 16.8 Å². The normalized spacial score (nSPS) is 10.8. The molecule has 0 saturated carbocycles. The third-order valence-corrected chi connectivity index (χ3v) is 4.27. The highest BCUT2D eigenvalue weighted by molar-refractivity contribution is 5.98. The van der Waals surface area contributed by atoms with Gasteiger partial charge in [0.25, 0.3) is 5.91 Å². The predicted octanol–water partition coefficient (Wildman–Crippen LogP) is 4.13. The molecule has 5 nitrogen and oxygen atoms in total. The van der Waals surface area contributed by atoms with E-state index in [0.717, 1.165) is 27.7 Å². The van der Waals surface area contributed by atoms with Crippen molar-refractivity contribution in [3.8, 4) is 11.5 Å². The number of aromatic nitrogens is 2. The third kappa shape index (κ3) is 3.19. The van der Waals surface area contributed by atoms with Gasteiger partial charge in [0.2, 0.25) is 0 Å². The Morgan fingerprint density at radius 2 is 1.96 bits per heavy atom. The summed E-state index contributed by atoms with van der Waals surface area (Å²) in [5, 5.41) is 3.94. The average Bonchev–Trinajstić information content (AvgIpc) is 3.21. The Bertz CT molecular complexity index is 1070. The molecule has 4 rings (SSSR count). The zero-order chi connectivity index (χ0) is 17.9. The lowest BCUT2D eigenvalue weighted by molar-refractivity contribution is 0.0951. The van der Waals surface area contributed by atoms with Crippen molar-refractivity contribution in [2.75, 3.05) is 0 Å². The largest absolute Gasteiger partial charge is 0.463 e. The van der Waals surface area contributed by atoms with E-state index in [1.807, 2.05) is 49.4 Å². The van der Waals surface area contributed by atoms with Crippen LogP contribution in [0.4, 0.5) is 0 Å². The van der Waals surface area contributed by atoms with Crippen LogP contribution in [-0.4, -0.2) is 15.9 Å². The molecule has 0 aliphatic rings. The maximum Gasteiger partial charge on any atom is 0.251 e. The number of carbonyl (C=O) groups is 1. The van der Waals surface area contributed by atoms with E-state index in [1.54, 1.807) is 24.7 Å². The molecule has 0 fully saturated rings. The van der Waals surface area contributed by atoms with E-state index in [0.29, 0.717) is 17.9 Å². The molecule has 128 valence electrons. The summed E-state index contributed by atoms with van der Waals surface area (Å²) in [7, 11) is 0. The van der Waals surface area contributed by atoms with Crippen molar-refractivity contribution in [2.45, 2.75) is 13.5 Å². The Labute approximate surface area is 150 Å². The number of hydrogen-bond acceptors (Lipinski definition) is 4. The second-order valence-electron chi connectivity index (χ2n) is 6.07. The van der Waals surface area contributed by atoms with E-state index < -0.39 is 0 Å². The van der Waals surface area contributed by atoms with E-state index >= 15 is 0 Å². The fourth-order valence-electron chi connectivity index (χ4n) is 2.85. The second kappa shape index (κ2) is 6.80. The zero-order valence-corrected chi connectivity index (χ0v) is 14.3. The van der Waals surface area contributed by atoms with Crippen LogP contribution in [0.1, 0.15) is 21.5 Å². The van der Waals surface area contributed by atoms with Crippen LogP contribution in [0, 0.1) is 6.92 Å². The molecule has 0 aliphatic heterocycles. The molecule has 0 saturated heterocycles. The number of amides is 1. The Morgan fingerprint density at radius 1 is 1.08 bits per heavy atom. The van der Waals surface area contributed by atoms with E-state index in [1.165, 1.54) is 0 Å². The van der Waals surface area contributed by atoms with Crippen LogP contribution in [-0.2, 0) is 6.54 Å². The summed E-state index contributed by atoms with van der Waals surface area (Å²) in [6, 6.07) is 15.0. The fraction of sp³-hybridized carbons (Fsp3) is 0.0952. The topological polar surface area (TPSA) is 68.0 Å². The van der Waals surface area contributed by atoms with Gasteiger partial charge in [0.15, 0.2) is 5.76 Å². The van der Waals surface area contributed by atoms with Crippen LogP contribution in [0.3, 0.4) is 0 Å². The van der Waals surface area contributed by atoms with Crippen molar-refractivity contribution in [3.63, 3.8) is 0 Å². The minimum Gasteiger partial charge on any atom is -0.463 e. The van der Waals surface area contributed by atoms with Crippen LogP contribution >= 0.6 is 0 Å². The van der Waals surface area contributed by atoms with Gasteiger partial charge in [-0.3, -0.25) is 14.8 Å². The molecule has 1 N–H and O–H groups in total. The van der Waals surface area contributed by atoms with E-state index in [4.69, 9.17) is 4.42 Å². The lowest BCUT2D eigenvalue weighted by Crippen LogP contribution is -2.22. The summed E-state index contributed by atoms with van der Waals surface area (Å²) >= 11 is 0. The maximum absolute atomic E-state index is 12.5. The van der Waals surface area contributed by atoms with Gasteiger partial charge in [0.1, 0.15) is 5.69 Å². The van der Waals surface area contributed by atoms with Crippen LogP contribution in [0.5, 0.6) is 0 Å². The van der Waals surface area contributed by atoms with E-state index in [2.05, 4.69) is 15.3 Å². The zero-order valence-electron chi connectivity index (χ0n) is 14.3. The summed E-state index contributed by atoms with van der Waals surface area (Å²) < 4.78 is 5.37. The van der Waals surface area contributed by atoms with Crippen molar-refractivity contribution in [3.05, 3.63) is 83.9 Å². The molecule has 1 aromatic carbocycles. The Balaban J connectivity index is 1.51. The van der Waals surface area contributed by atoms with Crippen molar-refractivity contribution in [2.24, 2.45) is 0 Å². The second-order valence-corrected chi connectivity index (χ2v) is 6.07. The molecule has 0 atom stereocenters. The molecule has 5 heteroatoms. The first-order valence-electron chi connectivity index (χ1n) is 8.33. The van der Waals surface area contributed by atoms with Gasteiger partial charge >= 0.3 is 0 Å². The van der Waals surface area contributed by atoms with Gasteiger partial charge in [-0.2, -0.15) is 0 Å². The number of pyridine rings is 2. The minimum absolute atomic E-state index is 0.119. The number of carbonyl (C=O) groups excluding carboxylic acids is 1. The minimum atomic E-state index is -0.119. The van der Waals surface area contributed by atoms with Gasteiger partial charge in [-0.25, -0.2) is 0 Å². The van der Waals surface area contributed by atoms with Gasteiger partial charge < -0.3 is 9.73 Å². The standard InChI is InChI=1S/C21H17N3O2/c1-14-6-8-22-18-5-4-16(12-17(14)18)21(25)24-13-15-7-9-23-19(11-15)20-3-2-10-26-20/h2-12H,13H2,1H3,(H,24,25). The number of fused-ring (bicyclic) bond motifs is 1. The summed E-state index contributed by atoms with van der Waals surface area (Å²) in [5.41, 5.74) is 4.31. The van der Waals surface area contributed by atoms with Crippen LogP contribution in [0.2, 0.25) is 0 Å². The Morgan fingerprint density at radius 3 is 2.81 bits per heavy atom. The fourth-order valence-corrected chi connectivity index (χ4v) is 2.85. The number of benzene rings is 1. The predicted molar refractivity (Wildman–Crippen MR) is 99.6 cm³/mol. The van der Waals surface area contributed by atoms with Crippen LogP contribution in [0.25, 0.3) is 22.4 Å². The summed E-state index contributed by atoms with van der Waals surface area (Å²) in [6.45, 7) is 2.43. The average molecular weight is 343 g/mol. The first kappa shape index (κ1) is 16.0. The molecule has 0 unspecified atom stereocenters. The summed E-state index contributed by atoms with van der Waals surface area (Å²) in [4.78, 5) is 21.1. The lowest BCUT2D eigenvalue weighted by atomic mass is 10.1. The first-order chi connectivity index (χ1) is 12.7. The molecule has 4 aromatic rings. The molecule has 3 heterocycles. The van der Waals surface area contributed by atoms with Crippen LogP contribution in [0.15, 0.2) is 71.6 Å². The number of aryl methyl sites for hydroxylation is 1. The number of nitrogens with zero attached hydrogens (tertiary/aromatic N) is 2. The number of rotatable bonds is 4. The van der Waals surface area contributed by atoms with Gasteiger partial charge in [-0.1, -0.05) is 0 Å². The van der Waals surface area contributed by atoms with Crippen molar-refractivity contribution in [1.29, 1.82) is 0 Å². The molecule has 0 bridgehead atoms. The highest BCUT2D eigenvalue weighted by Gasteiger charge is 2.09. The van der Waals surface area contributed by atoms with Gasteiger partial charge in [-0.15, -0.1) is 0 Å². The first-order valence-corrected chi connectivity index (χ1v) is 8.33. The van der Waals surface area contributed by atoms with Crippen molar-refractivity contribution in [1.82, 2.24) is 15.3 Å². The number of nitrogens with one attached hydrogen (secondary N) is 1. The quantitative estimate of drug-likeness (QED) is 0.605. The monoisotopic (exact) mass is 343 g/mol. The molecule has 0 spiro atoms. The van der Waals surface area contributed by atoms with Gasteiger partial charge in [0.05, 0.1) is 11.8 Å². The molecule has 0 radical (unpaired) electrons. The Kier molecular flexibility index (Phi) is 4.19. The maximum atomic E-state index is 12.5. The van der Waals surface area contributed by atoms with E-state index in [9.17, 15) is 4.79 Å². The lowest BCUT2D eigenvalue weighted by Gasteiger charge is -2.08. The molecule has 26 heavy (non-hydrogen) atoms. The molecule has 1 amide bonds. The van der Waals surface area contributed by atoms with Gasteiger partial charge in [-0.05, 0) is 66.6 Å². The molecular weight excluding hydrogens is 326 g/mol. The highest BCUT2D eigenvalue weighted by Crippen LogP contribution is 2.19. The van der Waals surface area contributed by atoms with Crippen LogP contribution < -0.4 is 5.32 Å². The SMILES string of the molecule is Cc1ccnc2ccc(C(=O)NCc3ccnc(-c4ccco4)c3)cc12. The number of furan rings is 1. The molecule has 3 aromatic heterocycles. The summed E-state index contributed by atoms with van der Waals surface area (Å²) in [5.74, 6) is 0.585. The van der Waals surface area contributed by atoms with Crippen molar-refractivity contribution < 1.29 is 9.21 Å².